The van der Waals surface area contributed by atoms with E-state index in [1.54, 1.807) is 30.3 Å². The maximum atomic E-state index is 11.5. The molecule has 0 spiro atoms. The molecule has 6 nitrogen and oxygen atoms in total. The molecule has 8 heteroatoms. The summed E-state index contributed by atoms with van der Waals surface area (Å²) < 4.78 is 28.7. The van der Waals surface area contributed by atoms with E-state index in [9.17, 15) is 8.42 Å². The van der Waals surface area contributed by atoms with Crippen LogP contribution in [0.5, 0.6) is 11.5 Å². The number of hydrogen-bond donors (Lipinski definition) is 2. The Balaban J connectivity index is 1.60. The molecule has 0 aliphatic heterocycles. The minimum atomic E-state index is -3.77. The number of halogens is 1. The van der Waals surface area contributed by atoms with Gasteiger partial charge in [0.25, 0.3) is 0 Å². The van der Waals surface area contributed by atoms with Crippen molar-refractivity contribution < 1.29 is 13.2 Å². The van der Waals surface area contributed by atoms with Gasteiger partial charge in [0.05, 0.1) is 15.9 Å². The summed E-state index contributed by atoms with van der Waals surface area (Å²) in [6, 6.07) is 19.0. The van der Waals surface area contributed by atoms with E-state index in [0.29, 0.717) is 27.9 Å². The Morgan fingerprint density at radius 1 is 0.926 bits per heavy atom. The van der Waals surface area contributed by atoms with Gasteiger partial charge >= 0.3 is 0 Å². The van der Waals surface area contributed by atoms with Crippen molar-refractivity contribution in [3.63, 3.8) is 0 Å². The molecule has 4 rings (SSSR count). The second-order valence-corrected chi connectivity index (χ2v) is 7.89. The van der Waals surface area contributed by atoms with E-state index in [1.807, 2.05) is 24.3 Å². The molecular weight excluding hydrogens is 386 g/mol. The lowest BCUT2D eigenvalue weighted by molar-refractivity contribution is 0.483. The van der Waals surface area contributed by atoms with Gasteiger partial charge in [-0.1, -0.05) is 11.6 Å². The number of sulfonamides is 1. The van der Waals surface area contributed by atoms with Crippen LogP contribution in [0.3, 0.4) is 0 Å². The minimum absolute atomic E-state index is 0.0276. The van der Waals surface area contributed by atoms with Gasteiger partial charge < -0.3 is 9.72 Å². The molecule has 0 unspecified atom stereocenters. The number of nitrogens with two attached hydrogens (primary N) is 1. The summed E-state index contributed by atoms with van der Waals surface area (Å²) in [7, 11) is -3.77. The quantitative estimate of drug-likeness (QED) is 0.533. The molecule has 136 valence electrons. The summed E-state index contributed by atoms with van der Waals surface area (Å²) in [6.45, 7) is 0. The molecule has 1 heterocycles. The Morgan fingerprint density at radius 3 is 2.19 bits per heavy atom. The first-order valence-electron chi connectivity index (χ1n) is 7.95. The average Bonchev–Trinajstić information content (AvgIpc) is 3.07. The molecule has 0 aliphatic carbocycles. The largest absolute Gasteiger partial charge is 0.457 e. The highest BCUT2D eigenvalue weighted by atomic mass is 35.5. The molecule has 27 heavy (non-hydrogen) atoms. The predicted octanol–water partition coefficient (Wildman–Crippen LogP) is 4.32. The second kappa shape index (κ2) is 6.70. The standard InChI is InChI=1S/C19H14ClN3O3S/c20-13-3-7-15(8-4-13)26-14-5-1-12(2-6-14)19-22-17-10-9-16(27(21,24)25)11-18(17)23-19/h1-11H,(H,22,23)(H2,21,24,25). The summed E-state index contributed by atoms with van der Waals surface area (Å²) in [6.07, 6.45) is 0. The van der Waals surface area contributed by atoms with Gasteiger partial charge in [-0.25, -0.2) is 18.5 Å². The lowest BCUT2D eigenvalue weighted by atomic mass is 10.2. The van der Waals surface area contributed by atoms with Crippen molar-refractivity contribution in [3.05, 3.63) is 71.8 Å². The van der Waals surface area contributed by atoms with Gasteiger partial charge in [-0.3, -0.25) is 0 Å². The zero-order valence-corrected chi connectivity index (χ0v) is 15.5. The molecule has 0 radical (unpaired) electrons. The molecule has 4 aromatic rings. The van der Waals surface area contributed by atoms with E-state index in [1.165, 1.54) is 12.1 Å². The van der Waals surface area contributed by atoms with E-state index >= 15 is 0 Å². The molecule has 1 aromatic heterocycles. The first-order chi connectivity index (χ1) is 12.9. The van der Waals surface area contributed by atoms with Gasteiger partial charge in [-0.15, -0.1) is 0 Å². The van der Waals surface area contributed by atoms with Crippen LogP contribution in [0.1, 0.15) is 0 Å². The predicted molar refractivity (Wildman–Crippen MR) is 104 cm³/mol. The number of hydrogen-bond acceptors (Lipinski definition) is 4. The maximum absolute atomic E-state index is 11.5. The number of nitrogens with zero attached hydrogens (tertiary/aromatic N) is 1. The van der Waals surface area contributed by atoms with Crippen LogP contribution in [0.15, 0.2) is 71.6 Å². The summed E-state index contributed by atoms with van der Waals surface area (Å²) in [5.41, 5.74) is 2.09. The number of fused-ring (bicyclic) bond motifs is 1. The first-order valence-corrected chi connectivity index (χ1v) is 9.87. The van der Waals surface area contributed by atoms with Gasteiger partial charge in [0.2, 0.25) is 10.0 Å². The van der Waals surface area contributed by atoms with Crippen LogP contribution >= 0.6 is 11.6 Å². The SMILES string of the molecule is NS(=O)(=O)c1ccc2[nH]c(-c3ccc(Oc4ccc(Cl)cc4)cc3)nc2c1. The van der Waals surface area contributed by atoms with Crippen LogP contribution < -0.4 is 9.88 Å². The summed E-state index contributed by atoms with van der Waals surface area (Å²) in [5.74, 6) is 1.98. The van der Waals surface area contributed by atoms with E-state index in [2.05, 4.69) is 9.97 Å². The van der Waals surface area contributed by atoms with Gasteiger partial charge in [0.15, 0.2) is 0 Å². The van der Waals surface area contributed by atoms with Crippen molar-refractivity contribution in [1.82, 2.24) is 9.97 Å². The normalized spacial score (nSPS) is 11.6. The molecule has 0 fully saturated rings. The summed E-state index contributed by atoms with van der Waals surface area (Å²) >= 11 is 5.87. The third-order valence-electron chi connectivity index (χ3n) is 3.96. The van der Waals surface area contributed by atoms with E-state index < -0.39 is 10.0 Å². The molecule has 0 atom stereocenters. The second-order valence-electron chi connectivity index (χ2n) is 5.89. The van der Waals surface area contributed by atoms with Crippen LogP contribution in [0.2, 0.25) is 5.02 Å². The fourth-order valence-electron chi connectivity index (χ4n) is 2.62. The zero-order chi connectivity index (χ0) is 19.0. The lowest BCUT2D eigenvalue weighted by Crippen LogP contribution is -2.11. The molecule has 0 bridgehead atoms. The molecule has 0 aliphatic rings. The highest BCUT2D eigenvalue weighted by molar-refractivity contribution is 7.89. The highest BCUT2D eigenvalue weighted by Crippen LogP contribution is 2.27. The number of imidazole rings is 1. The third-order valence-corrected chi connectivity index (χ3v) is 5.12. The Labute approximate surface area is 160 Å². The third kappa shape index (κ3) is 3.80. The summed E-state index contributed by atoms with van der Waals surface area (Å²) in [5, 5.41) is 5.81. The van der Waals surface area contributed by atoms with E-state index in [0.717, 1.165) is 11.1 Å². The van der Waals surface area contributed by atoms with Gasteiger partial charge in [-0.05, 0) is 66.7 Å². The van der Waals surface area contributed by atoms with Crippen molar-refractivity contribution in [1.29, 1.82) is 0 Å². The fourth-order valence-corrected chi connectivity index (χ4v) is 3.28. The number of primary sulfonamides is 1. The van der Waals surface area contributed by atoms with Crippen molar-refractivity contribution in [2.45, 2.75) is 4.90 Å². The number of rotatable bonds is 4. The Morgan fingerprint density at radius 2 is 1.56 bits per heavy atom. The van der Waals surface area contributed by atoms with Crippen LogP contribution in [0, 0.1) is 0 Å². The van der Waals surface area contributed by atoms with Gasteiger partial charge in [-0.2, -0.15) is 0 Å². The van der Waals surface area contributed by atoms with Crippen LogP contribution in [-0.2, 0) is 10.0 Å². The average molecular weight is 400 g/mol. The topological polar surface area (TPSA) is 98.1 Å². The van der Waals surface area contributed by atoms with Crippen molar-refractivity contribution in [2.24, 2.45) is 5.14 Å². The fraction of sp³-hybridized carbons (Fsp3) is 0. The van der Waals surface area contributed by atoms with Crippen molar-refractivity contribution >= 4 is 32.7 Å². The summed E-state index contributed by atoms with van der Waals surface area (Å²) in [4.78, 5) is 7.64. The number of benzene rings is 3. The zero-order valence-electron chi connectivity index (χ0n) is 13.9. The number of aromatic amines is 1. The highest BCUT2D eigenvalue weighted by Gasteiger charge is 2.11. The Bertz CT molecular complexity index is 1220. The van der Waals surface area contributed by atoms with Crippen molar-refractivity contribution in [2.75, 3.05) is 0 Å². The van der Waals surface area contributed by atoms with Crippen LogP contribution in [0.25, 0.3) is 22.4 Å². The van der Waals surface area contributed by atoms with Crippen LogP contribution in [-0.4, -0.2) is 18.4 Å². The molecule has 0 amide bonds. The van der Waals surface area contributed by atoms with Gasteiger partial charge in [0, 0.05) is 10.6 Å². The molecule has 3 N–H and O–H groups in total. The minimum Gasteiger partial charge on any atom is -0.457 e. The van der Waals surface area contributed by atoms with Crippen LogP contribution in [0.4, 0.5) is 0 Å². The molecule has 3 aromatic carbocycles. The Kier molecular flexibility index (Phi) is 4.35. The monoisotopic (exact) mass is 399 g/mol. The molecular formula is C19H14ClN3O3S. The van der Waals surface area contributed by atoms with E-state index in [-0.39, 0.29) is 4.90 Å². The lowest BCUT2D eigenvalue weighted by Gasteiger charge is -2.06. The smallest absolute Gasteiger partial charge is 0.238 e. The molecule has 0 saturated heterocycles. The number of aromatic nitrogens is 2. The number of H-pyrrole nitrogens is 1. The first kappa shape index (κ1) is 17.5. The Hall–Kier alpha value is -2.87. The number of nitrogens with one attached hydrogen (secondary N) is 1. The van der Waals surface area contributed by atoms with Crippen molar-refractivity contribution in [3.8, 4) is 22.9 Å². The van der Waals surface area contributed by atoms with E-state index in [4.69, 9.17) is 21.5 Å². The number of ether oxygens (including phenoxy) is 1. The van der Waals surface area contributed by atoms with Gasteiger partial charge in [0.1, 0.15) is 17.3 Å². The maximum Gasteiger partial charge on any atom is 0.238 e. The molecule has 0 saturated carbocycles.